The number of halogens is 1. The fourth-order valence-corrected chi connectivity index (χ4v) is 3.42. The molecule has 3 rings (SSSR count). The molecule has 9 heteroatoms. The van der Waals surface area contributed by atoms with E-state index >= 15 is 0 Å². The molecule has 1 amide bonds. The molecule has 0 bridgehead atoms. The number of anilines is 2. The zero-order chi connectivity index (χ0) is 21.9. The summed E-state index contributed by atoms with van der Waals surface area (Å²) in [6, 6.07) is 13.8. The van der Waals surface area contributed by atoms with Gasteiger partial charge in [-0.3, -0.25) is 4.79 Å². The van der Waals surface area contributed by atoms with Gasteiger partial charge in [-0.15, -0.1) is 0 Å². The number of carbonyl (C=O) groups excluding carboxylic acids is 1. The van der Waals surface area contributed by atoms with Crippen LogP contribution in [-0.2, 0) is 4.79 Å². The van der Waals surface area contributed by atoms with E-state index in [2.05, 4.69) is 20.7 Å². The number of fused-ring (bicyclic) bond motifs is 1. The Bertz CT molecular complexity index is 901. The topological polar surface area (TPSA) is 102 Å². The van der Waals surface area contributed by atoms with E-state index in [1.54, 1.807) is 17.0 Å². The Balaban J connectivity index is 1.39. The molecule has 1 atom stereocenters. The number of ether oxygens (including phenoxy) is 1. The summed E-state index contributed by atoms with van der Waals surface area (Å²) in [6.45, 7) is 3.20. The molecule has 0 saturated carbocycles. The highest BCUT2D eigenvalue weighted by Gasteiger charge is 2.33. The van der Waals surface area contributed by atoms with Crippen molar-refractivity contribution in [3.8, 4) is 5.75 Å². The molecule has 31 heavy (non-hydrogen) atoms. The van der Waals surface area contributed by atoms with Crippen molar-refractivity contribution in [3.05, 3.63) is 64.8 Å². The third kappa shape index (κ3) is 6.60. The second-order valence-corrected chi connectivity index (χ2v) is 7.20. The largest absolute Gasteiger partial charge is 0.478 e. The summed E-state index contributed by atoms with van der Waals surface area (Å²) in [6.07, 6.45) is 1.50. The molecule has 0 aromatic heterocycles. The molecular weight excluding hydrogens is 399 g/mol. The van der Waals surface area contributed by atoms with Crippen molar-refractivity contribution in [1.29, 1.82) is 0 Å². The number of nitrogens with zero attached hydrogens (tertiary/aromatic N) is 4. The van der Waals surface area contributed by atoms with Crippen LogP contribution in [0.3, 0.4) is 0 Å². The molecule has 0 fully saturated rings. The summed E-state index contributed by atoms with van der Waals surface area (Å²) in [4.78, 5) is 17.4. The van der Waals surface area contributed by atoms with Crippen LogP contribution >= 0.6 is 0 Å². The average Bonchev–Trinajstić information content (AvgIpc) is 2.78. The smallest absolute Gasteiger partial charge is 0.268 e. The summed E-state index contributed by atoms with van der Waals surface area (Å²) < 4.78 is 18.7. The zero-order valence-corrected chi connectivity index (χ0v) is 17.3. The van der Waals surface area contributed by atoms with Gasteiger partial charge >= 0.3 is 0 Å². The van der Waals surface area contributed by atoms with Gasteiger partial charge in [0.2, 0.25) is 0 Å². The normalized spacial score (nSPS) is 15.1. The van der Waals surface area contributed by atoms with Crippen LogP contribution in [0.15, 0.2) is 53.6 Å². The number of carbonyl (C=O) groups is 1. The zero-order valence-electron chi connectivity index (χ0n) is 17.3. The predicted octanol–water partition coefficient (Wildman–Crippen LogP) is 4.10. The first-order valence-electron chi connectivity index (χ1n) is 10.5. The summed E-state index contributed by atoms with van der Waals surface area (Å²) in [5, 5.41) is 10.1. The maximum atomic E-state index is 12.9. The minimum absolute atomic E-state index is 0.0942. The second-order valence-electron chi connectivity index (χ2n) is 7.20. The Hall–Kier alpha value is -3.29. The van der Waals surface area contributed by atoms with Crippen LogP contribution in [0.2, 0.25) is 0 Å². The highest BCUT2D eigenvalue weighted by atomic mass is 19.1. The maximum absolute atomic E-state index is 12.9. The summed E-state index contributed by atoms with van der Waals surface area (Å²) >= 11 is 0. The van der Waals surface area contributed by atoms with Crippen LogP contribution in [0.1, 0.15) is 19.3 Å². The van der Waals surface area contributed by atoms with Crippen molar-refractivity contribution in [3.63, 3.8) is 0 Å². The Morgan fingerprint density at radius 3 is 2.71 bits per heavy atom. The fraction of sp³-hybridized carbons (Fsp3) is 0.409. The number of benzene rings is 2. The van der Waals surface area contributed by atoms with Gasteiger partial charge in [0, 0.05) is 36.8 Å². The van der Waals surface area contributed by atoms with E-state index in [1.165, 1.54) is 12.1 Å². The molecule has 2 aromatic rings. The summed E-state index contributed by atoms with van der Waals surface area (Å²) in [5.41, 5.74) is 10.1. The lowest BCUT2D eigenvalue weighted by Gasteiger charge is -2.34. The molecule has 2 aromatic carbocycles. The van der Waals surface area contributed by atoms with Gasteiger partial charge in [0.1, 0.15) is 11.6 Å². The molecule has 1 unspecified atom stereocenters. The van der Waals surface area contributed by atoms with Gasteiger partial charge in [0.15, 0.2) is 6.10 Å². The van der Waals surface area contributed by atoms with Gasteiger partial charge in [0.25, 0.3) is 5.91 Å². The van der Waals surface area contributed by atoms with Crippen LogP contribution < -0.4 is 20.3 Å². The molecule has 164 valence electrons. The first-order chi connectivity index (χ1) is 15.2. The van der Waals surface area contributed by atoms with E-state index in [9.17, 15) is 9.18 Å². The maximum Gasteiger partial charge on any atom is 0.268 e. The molecule has 8 nitrogen and oxygen atoms in total. The van der Waals surface area contributed by atoms with Gasteiger partial charge in [0.05, 0.1) is 5.69 Å². The Kier molecular flexibility index (Phi) is 8.51. The number of hydrogen-bond donors (Lipinski definition) is 2. The Morgan fingerprint density at radius 2 is 1.90 bits per heavy atom. The fourth-order valence-electron chi connectivity index (χ4n) is 3.42. The number of para-hydroxylation sites is 2. The summed E-state index contributed by atoms with van der Waals surface area (Å²) in [7, 11) is 0. The minimum Gasteiger partial charge on any atom is -0.478 e. The predicted molar refractivity (Wildman–Crippen MR) is 119 cm³/mol. The van der Waals surface area contributed by atoms with Crippen LogP contribution in [0.5, 0.6) is 5.75 Å². The number of amides is 1. The van der Waals surface area contributed by atoms with Crippen molar-refractivity contribution in [2.24, 2.45) is 5.11 Å². The van der Waals surface area contributed by atoms with Crippen LogP contribution in [-0.4, -0.2) is 44.7 Å². The number of azide groups is 1. The lowest BCUT2D eigenvalue weighted by atomic mass is 10.1. The van der Waals surface area contributed by atoms with Crippen LogP contribution in [0.25, 0.3) is 10.4 Å². The van der Waals surface area contributed by atoms with E-state index in [-0.39, 0.29) is 18.3 Å². The van der Waals surface area contributed by atoms with E-state index in [0.29, 0.717) is 18.7 Å². The van der Waals surface area contributed by atoms with Gasteiger partial charge in [-0.05, 0) is 67.7 Å². The van der Waals surface area contributed by atoms with Crippen LogP contribution in [0, 0.1) is 5.82 Å². The van der Waals surface area contributed by atoms with Crippen molar-refractivity contribution < 1.29 is 13.9 Å². The molecule has 2 N–H and O–H groups in total. The van der Waals surface area contributed by atoms with E-state index in [1.807, 2.05) is 24.3 Å². The molecular formula is C22H27FN6O2. The SMILES string of the molecule is [N-]=[N+]=NCCC1Oc2ccccc2N(CCCCNCCNc2ccc(F)cc2)C1=O. The van der Waals surface area contributed by atoms with Gasteiger partial charge < -0.3 is 20.3 Å². The minimum atomic E-state index is -0.629. The van der Waals surface area contributed by atoms with E-state index in [4.69, 9.17) is 10.3 Å². The summed E-state index contributed by atoms with van der Waals surface area (Å²) in [5.74, 6) is 0.341. The quantitative estimate of drug-likeness (QED) is 0.231. The van der Waals surface area contributed by atoms with E-state index < -0.39 is 6.10 Å². The molecule has 1 aliphatic rings. The second kappa shape index (κ2) is 11.8. The van der Waals surface area contributed by atoms with Crippen LogP contribution in [0.4, 0.5) is 15.8 Å². The number of hydrogen-bond acceptors (Lipinski definition) is 5. The van der Waals surface area contributed by atoms with Gasteiger partial charge in [-0.2, -0.15) is 0 Å². The lowest BCUT2D eigenvalue weighted by Crippen LogP contribution is -2.46. The van der Waals surface area contributed by atoms with E-state index in [0.717, 1.165) is 43.9 Å². The highest BCUT2D eigenvalue weighted by molar-refractivity contribution is 6.00. The first kappa shape index (κ1) is 22.4. The third-order valence-electron chi connectivity index (χ3n) is 4.98. The molecule has 0 radical (unpaired) electrons. The van der Waals surface area contributed by atoms with Crippen molar-refractivity contribution in [2.75, 3.05) is 42.9 Å². The Morgan fingerprint density at radius 1 is 1.10 bits per heavy atom. The van der Waals surface area contributed by atoms with Crippen molar-refractivity contribution in [2.45, 2.75) is 25.4 Å². The van der Waals surface area contributed by atoms with Gasteiger partial charge in [-0.1, -0.05) is 17.2 Å². The lowest BCUT2D eigenvalue weighted by molar-refractivity contribution is -0.126. The van der Waals surface area contributed by atoms with Crippen molar-refractivity contribution in [1.82, 2.24) is 5.32 Å². The number of nitrogens with one attached hydrogen (secondary N) is 2. The molecule has 0 saturated heterocycles. The third-order valence-corrected chi connectivity index (χ3v) is 4.98. The number of rotatable bonds is 12. The molecule has 1 aliphatic heterocycles. The Labute approximate surface area is 181 Å². The molecule has 0 aliphatic carbocycles. The molecule has 0 spiro atoms. The highest BCUT2D eigenvalue weighted by Crippen LogP contribution is 2.34. The molecule has 1 heterocycles. The number of unbranched alkanes of at least 4 members (excludes halogenated alkanes) is 1. The first-order valence-corrected chi connectivity index (χ1v) is 10.5. The standard InChI is InChI=1S/C22H27FN6O2/c23-17-7-9-18(10-8-17)26-15-14-25-12-3-4-16-29-19-5-1-2-6-20(19)31-21(22(29)30)11-13-27-28-24/h1-2,5-10,21,25-26H,3-4,11-16H2. The van der Waals surface area contributed by atoms with Gasteiger partial charge in [-0.25, -0.2) is 4.39 Å². The van der Waals surface area contributed by atoms with Crippen molar-refractivity contribution >= 4 is 17.3 Å². The average molecular weight is 426 g/mol. The monoisotopic (exact) mass is 426 g/mol.